The van der Waals surface area contributed by atoms with E-state index in [9.17, 15) is 9.59 Å². The highest BCUT2D eigenvalue weighted by molar-refractivity contribution is 5.89. The SMILES string of the molecule is CC(NC(=O)C1NCCCC1C)C(=O)N(C)C. The summed E-state index contributed by atoms with van der Waals surface area (Å²) in [7, 11) is 3.37. The van der Waals surface area contributed by atoms with E-state index in [1.165, 1.54) is 4.90 Å². The lowest BCUT2D eigenvalue weighted by molar-refractivity contribution is -0.135. The first-order valence-electron chi connectivity index (χ1n) is 6.18. The number of amides is 2. The molecule has 1 fully saturated rings. The van der Waals surface area contributed by atoms with Crippen molar-refractivity contribution in [2.75, 3.05) is 20.6 Å². The summed E-state index contributed by atoms with van der Waals surface area (Å²) in [4.78, 5) is 25.1. The van der Waals surface area contributed by atoms with E-state index >= 15 is 0 Å². The molecule has 0 radical (unpaired) electrons. The van der Waals surface area contributed by atoms with Gasteiger partial charge in [0.25, 0.3) is 0 Å². The van der Waals surface area contributed by atoms with Crippen LogP contribution in [0.4, 0.5) is 0 Å². The summed E-state index contributed by atoms with van der Waals surface area (Å²) in [5, 5.41) is 5.97. The zero-order chi connectivity index (χ0) is 13.0. The maximum atomic E-state index is 12.0. The molecule has 0 aromatic heterocycles. The summed E-state index contributed by atoms with van der Waals surface area (Å²) in [6.07, 6.45) is 2.16. The number of likely N-dealkylation sites (N-methyl/N-ethyl adjacent to an activating group) is 1. The van der Waals surface area contributed by atoms with Gasteiger partial charge in [0.05, 0.1) is 6.04 Å². The lowest BCUT2D eigenvalue weighted by Crippen LogP contribution is -2.55. The Hall–Kier alpha value is -1.10. The fourth-order valence-corrected chi connectivity index (χ4v) is 2.15. The molecule has 1 aliphatic heterocycles. The Kier molecular flexibility index (Phi) is 4.93. The molecule has 98 valence electrons. The molecule has 3 atom stereocenters. The number of hydrogen-bond donors (Lipinski definition) is 2. The lowest BCUT2D eigenvalue weighted by Gasteiger charge is -2.30. The van der Waals surface area contributed by atoms with Gasteiger partial charge in [-0.15, -0.1) is 0 Å². The Morgan fingerprint density at radius 1 is 1.41 bits per heavy atom. The van der Waals surface area contributed by atoms with E-state index in [0.717, 1.165) is 19.4 Å². The van der Waals surface area contributed by atoms with Crippen LogP contribution in [0.1, 0.15) is 26.7 Å². The van der Waals surface area contributed by atoms with Crippen LogP contribution in [-0.4, -0.2) is 49.4 Å². The van der Waals surface area contributed by atoms with E-state index in [1.54, 1.807) is 21.0 Å². The minimum Gasteiger partial charge on any atom is -0.347 e. The van der Waals surface area contributed by atoms with Crippen molar-refractivity contribution in [1.29, 1.82) is 0 Å². The summed E-state index contributed by atoms with van der Waals surface area (Å²) in [5.74, 6) is 0.173. The van der Waals surface area contributed by atoms with Gasteiger partial charge in [0.1, 0.15) is 6.04 Å². The normalized spacial score (nSPS) is 26.1. The summed E-state index contributed by atoms with van der Waals surface area (Å²) >= 11 is 0. The zero-order valence-corrected chi connectivity index (χ0v) is 11.1. The molecule has 0 aromatic carbocycles. The standard InChI is InChI=1S/C12H23N3O2/c1-8-6-5-7-13-10(8)11(16)14-9(2)12(17)15(3)4/h8-10,13H,5-7H2,1-4H3,(H,14,16). The molecule has 1 aliphatic rings. The Morgan fingerprint density at radius 2 is 2.06 bits per heavy atom. The average molecular weight is 241 g/mol. The Labute approximate surface area is 103 Å². The Balaban J connectivity index is 2.50. The van der Waals surface area contributed by atoms with Gasteiger partial charge in [-0.25, -0.2) is 0 Å². The third kappa shape index (κ3) is 3.70. The smallest absolute Gasteiger partial charge is 0.244 e. The molecule has 1 rings (SSSR count). The second-order valence-electron chi connectivity index (χ2n) is 5.01. The van der Waals surface area contributed by atoms with E-state index < -0.39 is 6.04 Å². The Morgan fingerprint density at radius 3 is 2.59 bits per heavy atom. The maximum absolute atomic E-state index is 12.0. The third-order valence-electron chi connectivity index (χ3n) is 3.22. The number of carbonyl (C=O) groups is 2. The lowest BCUT2D eigenvalue weighted by atomic mass is 9.92. The van der Waals surface area contributed by atoms with Crippen molar-refractivity contribution in [2.45, 2.75) is 38.8 Å². The minimum absolute atomic E-state index is 0.0695. The molecule has 1 saturated heterocycles. The van der Waals surface area contributed by atoms with Crippen molar-refractivity contribution >= 4 is 11.8 Å². The number of rotatable bonds is 3. The van der Waals surface area contributed by atoms with E-state index in [0.29, 0.717) is 5.92 Å². The summed E-state index contributed by atoms with van der Waals surface area (Å²) < 4.78 is 0. The van der Waals surface area contributed by atoms with Crippen LogP contribution in [0.25, 0.3) is 0 Å². The molecule has 0 bridgehead atoms. The van der Waals surface area contributed by atoms with Crippen molar-refractivity contribution in [2.24, 2.45) is 5.92 Å². The monoisotopic (exact) mass is 241 g/mol. The van der Waals surface area contributed by atoms with Crippen molar-refractivity contribution < 1.29 is 9.59 Å². The van der Waals surface area contributed by atoms with Crippen molar-refractivity contribution in [3.63, 3.8) is 0 Å². The molecular formula is C12H23N3O2. The van der Waals surface area contributed by atoms with Gasteiger partial charge in [0, 0.05) is 14.1 Å². The fourth-order valence-electron chi connectivity index (χ4n) is 2.15. The molecule has 2 amide bonds. The van der Waals surface area contributed by atoms with E-state index in [4.69, 9.17) is 0 Å². The highest BCUT2D eigenvalue weighted by Gasteiger charge is 2.29. The molecule has 5 nitrogen and oxygen atoms in total. The van der Waals surface area contributed by atoms with Crippen LogP contribution >= 0.6 is 0 Å². The van der Waals surface area contributed by atoms with Gasteiger partial charge in [-0.1, -0.05) is 6.92 Å². The van der Waals surface area contributed by atoms with Gasteiger partial charge in [-0.2, -0.15) is 0 Å². The van der Waals surface area contributed by atoms with Gasteiger partial charge in [0.15, 0.2) is 0 Å². The first kappa shape index (κ1) is 14.0. The van der Waals surface area contributed by atoms with Crippen LogP contribution in [0.3, 0.4) is 0 Å². The third-order valence-corrected chi connectivity index (χ3v) is 3.22. The van der Waals surface area contributed by atoms with Crippen LogP contribution in [0.15, 0.2) is 0 Å². The predicted octanol–water partition coefficient (Wildman–Crippen LogP) is -0.0326. The highest BCUT2D eigenvalue weighted by Crippen LogP contribution is 2.15. The summed E-state index contributed by atoms with van der Waals surface area (Å²) in [6.45, 7) is 4.65. The number of hydrogen-bond acceptors (Lipinski definition) is 3. The fraction of sp³-hybridized carbons (Fsp3) is 0.833. The van der Waals surface area contributed by atoms with E-state index in [1.807, 2.05) is 0 Å². The van der Waals surface area contributed by atoms with Gasteiger partial charge in [-0.05, 0) is 32.2 Å². The quantitative estimate of drug-likeness (QED) is 0.729. The summed E-state index contributed by atoms with van der Waals surface area (Å²) in [5.41, 5.74) is 0. The number of carbonyl (C=O) groups excluding carboxylic acids is 2. The van der Waals surface area contributed by atoms with Crippen molar-refractivity contribution in [3.05, 3.63) is 0 Å². The van der Waals surface area contributed by atoms with Gasteiger partial charge in [0.2, 0.25) is 11.8 Å². The predicted molar refractivity (Wildman–Crippen MR) is 66.5 cm³/mol. The first-order chi connectivity index (χ1) is 7.93. The minimum atomic E-state index is -0.464. The van der Waals surface area contributed by atoms with Gasteiger partial charge < -0.3 is 15.5 Å². The van der Waals surface area contributed by atoms with Crippen LogP contribution in [0, 0.1) is 5.92 Å². The molecule has 3 unspecified atom stereocenters. The number of piperidine rings is 1. The van der Waals surface area contributed by atoms with Crippen LogP contribution in [0.5, 0.6) is 0 Å². The van der Waals surface area contributed by atoms with Crippen LogP contribution in [-0.2, 0) is 9.59 Å². The largest absolute Gasteiger partial charge is 0.347 e. The highest BCUT2D eigenvalue weighted by atomic mass is 16.2. The van der Waals surface area contributed by atoms with E-state index in [-0.39, 0.29) is 17.9 Å². The second-order valence-corrected chi connectivity index (χ2v) is 5.01. The molecular weight excluding hydrogens is 218 g/mol. The molecule has 17 heavy (non-hydrogen) atoms. The molecule has 2 N–H and O–H groups in total. The zero-order valence-electron chi connectivity index (χ0n) is 11.1. The summed E-state index contributed by atoms with van der Waals surface area (Å²) in [6, 6.07) is -0.630. The average Bonchev–Trinajstić information content (AvgIpc) is 2.28. The molecule has 0 spiro atoms. The van der Waals surface area contributed by atoms with Gasteiger partial charge in [-0.3, -0.25) is 9.59 Å². The van der Waals surface area contributed by atoms with Gasteiger partial charge >= 0.3 is 0 Å². The topological polar surface area (TPSA) is 61.4 Å². The second kappa shape index (κ2) is 6.00. The Bertz CT molecular complexity index is 291. The molecule has 0 aromatic rings. The molecule has 0 aliphatic carbocycles. The number of nitrogens with one attached hydrogen (secondary N) is 2. The van der Waals surface area contributed by atoms with Crippen LogP contribution < -0.4 is 10.6 Å². The maximum Gasteiger partial charge on any atom is 0.244 e. The molecule has 5 heteroatoms. The molecule has 1 heterocycles. The van der Waals surface area contributed by atoms with Crippen LogP contribution in [0.2, 0.25) is 0 Å². The number of nitrogens with zero attached hydrogens (tertiary/aromatic N) is 1. The molecule has 0 saturated carbocycles. The first-order valence-corrected chi connectivity index (χ1v) is 6.18. The van der Waals surface area contributed by atoms with Crippen molar-refractivity contribution in [3.8, 4) is 0 Å². The van der Waals surface area contributed by atoms with Crippen molar-refractivity contribution in [1.82, 2.24) is 15.5 Å². The van der Waals surface area contributed by atoms with E-state index in [2.05, 4.69) is 17.6 Å².